The number of hydrogen-bond donors (Lipinski definition) is 1. The molecule has 1 aromatic carbocycles. The van der Waals surface area contributed by atoms with Crippen molar-refractivity contribution >= 4 is 27.5 Å². The van der Waals surface area contributed by atoms with Crippen LogP contribution in [-0.2, 0) is 20.4 Å². The molecule has 11 heteroatoms. The normalized spacial score (nSPS) is 14.8. The number of piperazine rings is 1. The molecule has 2 aromatic rings. The van der Waals surface area contributed by atoms with Gasteiger partial charge < -0.3 is 29.3 Å². The minimum absolute atomic E-state index is 0.0969. The van der Waals surface area contributed by atoms with Gasteiger partial charge in [-0.25, -0.2) is 13.4 Å². The summed E-state index contributed by atoms with van der Waals surface area (Å²) in [7, 11) is 2.92. The molecular weight excluding hydrogens is 484 g/mol. The predicted octanol–water partition coefficient (Wildman–Crippen LogP) is 2.39. The average molecular weight is 517 g/mol. The number of benzene rings is 1. The van der Waals surface area contributed by atoms with E-state index in [9.17, 15) is 13.2 Å². The minimum atomic E-state index is -3.62. The Kier molecular flexibility index (Phi) is 9.31. The first-order chi connectivity index (χ1) is 17.2. The summed E-state index contributed by atoms with van der Waals surface area (Å²) in [5.41, 5.74) is 1.52. The highest BCUT2D eigenvalue weighted by Gasteiger charge is 2.17. The number of sulfone groups is 1. The third kappa shape index (κ3) is 7.46. The maximum atomic E-state index is 12.8. The number of methoxy groups -OCH3 is 3. The zero-order valence-corrected chi connectivity index (χ0v) is 21.7. The maximum Gasteiger partial charge on any atom is 0.248 e. The Bertz CT molecular complexity index is 1220. The number of ether oxygens (including phenoxy) is 3. The molecule has 1 amide bonds. The van der Waals surface area contributed by atoms with Gasteiger partial charge in [-0.05, 0) is 36.9 Å². The fraction of sp³-hybridized carbons (Fsp3) is 0.360. The Morgan fingerprint density at radius 2 is 1.83 bits per heavy atom. The quantitative estimate of drug-likeness (QED) is 0.476. The number of amides is 1. The SMILES string of the molecule is COc1ccc(/C=C/S(=O)(=O)Cc2cnc(OC)c(N/C=C\C(=O)N3CCN(C)CC3)c2)c(OC)c1. The zero-order valence-electron chi connectivity index (χ0n) is 20.9. The summed E-state index contributed by atoms with van der Waals surface area (Å²) in [6.45, 7) is 3.02. The van der Waals surface area contributed by atoms with E-state index in [1.54, 1.807) is 36.3 Å². The predicted molar refractivity (Wildman–Crippen MR) is 139 cm³/mol. The second kappa shape index (κ2) is 12.4. The molecule has 1 fully saturated rings. The topological polar surface area (TPSA) is 110 Å². The Hall–Kier alpha value is -3.57. The minimum Gasteiger partial charge on any atom is -0.497 e. The first kappa shape index (κ1) is 27.0. The van der Waals surface area contributed by atoms with Crippen LogP contribution in [0.25, 0.3) is 6.08 Å². The van der Waals surface area contributed by atoms with Crippen molar-refractivity contribution in [3.05, 3.63) is 59.3 Å². The van der Waals surface area contributed by atoms with Gasteiger partial charge in [0.05, 0.1) is 27.1 Å². The molecule has 1 aliphatic heterocycles. The number of anilines is 1. The fourth-order valence-electron chi connectivity index (χ4n) is 3.59. The number of aromatic nitrogens is 1. The summed E-state index contributed by atoms with van der Waals surface area (Å²) >= 11 is 0. The summed E-state index contributed by atoms with van der Waals surface area (Å²) in [4.78, 5) is 20.6. The van der Waals surface area contributed by atoms with Gasteiger partial charge in [0.25, 0.3) is 0 Å². The van der Waals surface area contributed by atoms with Crippen molar-refractivity contribution in [2.45, 2.75) is 5.75 Å². The number of likely N-dealkylation sites (N-methyl/N-ethyl adjacent to an activating group) is 1. The number of nitrogens with one attached hydrogen (secondary N) is 1. The van der Waals surface area contributed by atoms with Gasteiger partial charge in [0.2, 0.25) is 11.8 Å². The van der Waals surface area contributed by atoms with Gasteiger partial charge in [-0.2, -0.15) is 0 Å². The van der Waals surface area contributed by atoms with E-state index in [-0.39, 0.29) is 17.5 Å². The van der Waals surface area contributed by atoms with Crippen molar-refractivity contribution in [1.29, 1.82) is 0 Å². The van der Waals surface area contributed by atoms with E-state index < -0.39 is 9.84 Å². The van der Waals surface area contributed by atoms with Crippen LogP contribution in [0, 0.1) is 0 Å². The molecule has 10 nitrogen and oxygen atoms in total. The van der Waals surface area contributed by atoms with E-state index in [2.05, 4.69) is 15.2 Å². The zero-order chi connectivity index (χ0) is 26.1. The highest BCUT2D eigenvalue weighted by Crippen LogP contribution is 2.27. The summed E-state index contributed by atoms with van der Waals surface area (Å²) in [6.07, 6.45) is 5.88. The van der Waals surface area contributed by atoms with Crippen LogP contribution in [0.15, 0.2) is 48.1 Å². The Morgan fingerprint density at radius 1 is 1.08 bits per heavy atom. The lowest BCUT2D eigenvalue weighted by Gasteiger charge is -2.31. The first-order valence-corrected chi connectivity index (χ1v) is 13.0. The molecule has 0 unspecified atom stereocenters. The number of hydrogen-bond acceptors (Lipinski definition) is 9. The largest absolute Gasteiger partial charge is 0.497 e. The third-order valence-electron chi connectivity index (χ3n) is 5.64. The number of nitrogens with zero attached hydrogens (tertiary/aromatic N) is 3. The summed E-state index contributed by atoms with van der Waals surface area (Å²) in [6, 6.07) is 6.76. The molecule has 0 atom stereocenters. The fourth-order valence-corrected chi connectivity index (χ4v) is 4.66. The lowest BCUT2D eigenvalue weighted by Crippen LogP contribution is -2.46. The van der Waals surface area contributed by atoms with Gasteiger partial charge in [0.1, 0.15) is 17.2 Å². The molecule has 1 aromatic heterocycles. The van der Waals surface area contributed by atoms with Crippen molar-refractivity contribution in [2.24, 2.45) is 0 Å². The van der Waals surface area contributed by atoms with Crippen molar-refractivity contribution in [2.75, 3.05) is 59.9 Å². The second-order valence-corrected chi connectivity index (χ2v) is 10.1. The Morgan fingerprint density at radius 3 is 2.50 bits per heavy atom. The van der Waals surface area contributed by atoms with Crippen molar-refractivity contribution in [1.82, 2.24) is 14.8 Å². The highest BCUT2D eigenvalue weighted by molar-refractivity contribution is 7.93. The molecule has 0 spiro atoms. The van der Waals surface area contributed by atoms with E-state index in [1.807, 2.05) is 7.05 Å². The molecule has 1 N–H and O–H groups in total. The summed E-state index contributed by atoms with van der Waals surface area (Å²) in [5.74, 6) is 1.02. The van der Waals surface area contributed by atoms with Crippen LogP contribution < -0.4 is 19.5 Å². The standard InChI is InChI=1S/C25H32N4O6S/c1-28-10-12-29(13-11-28)24(30)7-9-26-22-15-19(17-27-25(22)35-4)18-36(31,32)14-8-20-5-6-21(33-2)16-23(20)34-3/h5-9,14-17,26H,10-13,18H2,1-4H3/b9-7-,14-8+. The molecule has 0 radical (unpaired) electrons. The van der Waals surface area contributed by atoms with Crippen LogP contribution in [0.1, 0.15) is 11.1 Å². The summed E-state index contributed by atoms with van der Waals surface area (Å²) in [5, 5.41) is 4.13. The van der Waals surface area contributed by atoms with E-state index in [0.717, 1.165) is 18.5 Å². The van der Waals surface area contributed by atoms with E-state index in [4.69, 9.17) is 14.2 Å². The lowest BCUT2D eigenvalue weighted by atomic mass is 10.2. The Balaban J connectivity index is 1.69. The molecule has 3 rings (SSSR count). The van der Waals surface area contributed by atoms with E-state index >= 15 is 0 Å². The van der Waals surface area contributed by atoms with Crippen LogP contribution in [0.2, 0.25) is 0 Å². The smallest absolute Gasteiger partial charge is 0.248 e. The average Bonchev–Trinajstić information content (AvgIpc) is 2.87. The second-order valence-electron chi connectivity index (χ2n) is 8.22. The van der Waals surface area contributed by atoms with Gasteiger partial charge in [-0.3, -0.25) is 4.79 Å². The Labute approximate surface area is 212 Å². The number of rotatable bonds is 10. The molecule has 2 heterocycles. The van der Waals surface area contributed by atoms with E-state index in [1.165, 1.54) is 38.8 Å². The van der Waals surface area contributed by atoms with Gasteiger partial charge in [-0.15, -0.1) is 0 Å². The molecule has 0 saturated carbocycles. The number of pyridine rings is 1. The van der Waals surface area contributed by atoms with Gasteiger partial charge in [0.15, 0.2) is 9.84 Å². The number of carbonyl (C=O) groups excluding carboxylic acids is 1. The highest BCUT2D eigenvalue weighted by atomic mass is 32.2. The molecule has 36 heavy (non-hydrogen) atoms. The third-order valence-corrected chi connectivity index (χ3v) is 6.93. The van der Waals surface area contributed by atoms with Crippen LogP contribution in [0.3, 0.4) is 0 Å². The molecule has 194 valence electrons. The molecule has 0 bridgehead atoms. The molecule has 1 saturated heterocycles. The molecule has 1 aliphatic rings. The van der Waals surface area contributed by atoms with Crippen LogP contribution >= 0.6 is 0 Å². The van der Waals surface area contributed by atoms with Crippen LogP contribution in [-0.4, -0.2) is 83.7 Å². The van der Waals surface area contributed by atoms with Crippen LogP contribution in [0.5, 0.6) is 17.4 Å². The lowest BCUT2D eigenvalue weighted by molar-refractivity contribution is -0.127. The molecule has 0 aliphatic carbocycles. The summed E-state index contributed by atoms with van der Waals surface area (Å²) < 4.78 is 41.3. The van der Waals surface area contributed by atoms with Crippen molar-refractivity contribution in [3.8, 4) is 17.4 Å². The van der Waals surface area contributed by atoms with E-state index in [0.29, 0.717) is 41.4 Å². The van der Waals surface area contributed by atoms with Gasteiger partial charge >= 0.3 is 0 Å². The monoisotopic (exact) mass is 516 g/mol. The van der Waals surface area contributed by atoms with Crippen molar-refractivity contribution in [3.63, 3.8) is 0 Å². The van der Waals surface area contributed by atoms with Crippen molar-refractivity contribution < 1.29 is 27.4 Å². The van der Waals surface area contributed by atoms with Gasteiger partial charge in [0, 0.05) is 61.7 Å². The van der Waals surface area contributed by atoms with Gasteiger partial charge in [-0.1, -0.05) is 0 Å². The van der Waals surface area contributed by atoms with Crippen LogP contribution in [0.4, 0.5) is 5.69 Å². The molecular formula is C25H32N4O6S. The number of carbonyl (C=O) groups is 1. The maximum absolute atomic E-state index is 12.8. The first-order valence-electron chi connectivity index (χ1n) is 11.3.